The zero-order chi connectivity index (χ0) is 28.2. The molecule has 12 heteroatoms. The van der Waals surface area contributed by atoms with Crippen LogP contribution >= 0.6 is 0 Å². The highest BCUT2D eigenvalue weighted by Crippen LogP contribution is 2.36. The molecule has 0 fully saturated rings. The Hall–Kier alpha value is -2.13. The van der Waals surface area contributed by atoms with E-state index in [1.165, 1.54) is 0 Å². The Morgan fingerprint density at radius 2 is 1.56 bits per heavy atom. The first-order valence-corrected chi connectivity index (χ1v) is 15.0. The molecule has 0 aromatic carbocycles. The molecule has 0 aliphatic carbocycles. The Bertz CT molecular complexity index is 781. The first-order valence-electron chi connectivity index (χ1n) is 12.1. The fraction of sp³-hybridized carbons (Fsp3) is 0.833. The zero-order valence-corrected chi connectivity index (χ0v) is 23.4. The first-order chi connectivity index (χ1) is 16.5. The van der Waals surface area contributed by atoms with Gasteiger partial charge in [0.15, 0.2) is 0 Å². The fourth-order valence-corrected chi connectivity index (χ4v) is 3.94. The summed E-state index contributed by atoms with van der Waals surface area (Å²) in [7, 11) is -3.92. The lowest BCUT2D eigenvalue weighted by Crippen LogP contribution is -2.48. The van der Waals surface area contributed by atoms with Crippen molar-refractivity contribution in [2.24, 2.45) is 16.7 Å². The van der Waals surface area contributed by atoms with Gasteiger partial charge in [0.05, 0.1) is 42.5 Å². The number of ether oxygens (including phenoxy) is 3. The Kier molecular flexibility index (Phi) is 13.7. The Morgan fingerprint density at radius 3 is 2.06 bits per heavy atom. The molecule has 0 N–H and O–H groups in total. The molecule has 0 radical (unpaired) electrons. The van der Waals surface area contributed by atoms with Gasteiger partial charge in [-0.15, -0.1) is 0 Å². The van der Waals surface area contributed by atoms with E-state index in [4.69, 9.17) is 23.9 Å². The van der Waals surface area contributed by atoms with Crippen molar-refractivity contribution < 1.29 is 46.2 Å². The fourth-order valence-electron chi connectivity index (χ4n) is 3.19. The second-order valence-corrected chi connectivity index (χ2v) is 13.9. The molecule has 0 saturated heterocycles. The second kappa shape index (κ2) is 14.6. The minimum Gasteiger partial charge on any atom is -0.466 e. The normalized spacial score (nSPS) is 14.8. The SMILES string of the molecule is CCOC(=O)C(C)(CC)CC(CCC(C)(C)C(=O)OCCO[Si](C)(C)C(F)(F)F)C(=O)OCCC#N. The van der Waals surface area contributed by atoms with Gasteiger partial charge in [0.2, 0.25) is 0 Å². The van der Waals surface area contributed by atoms with Crippen LogP contribution in [-0.2, 0) is 33.0 Å². The van der Waals surface area contributed by atoms with Crippen LogP contribution in [0.3, 0.4) is 0 Å². The number of esters is 3. The molecule has 0 rings (SSSR count). The van der Waals surface area contributed by atoms with Crippen molar-refractivity contribution in [3.05, 3.63) is 0 Å². The second-order valence-electron chi connectivity index (χ2n) is 10.0. The highest BCUT2D eigenvalue weighted by Gasteiger charge is 2.51. The number of nitrogens with zero attached hydrogens (tertiary/aromatic N) is 1. The molecule has 208 valence electrons. The molecule has 0 heterocycles. The molecule has 8 nitrogen and oxygen atoms in total. The van der Waals surface area contributed by atoms with Crippen LogP contribution in [-0.4, -0.2) is 58.5 Å². The summed E-state index contributed by atoms with van der Waals surface area (Å²) >= 11 is 0. The van der Waals surface area contributed by atoms with Crippen molar-refractivity contribution in [3.63, 3.8) is 0 Å². The Morgan fingerprint density at radius 1 is 0.944 bits per heavy atom. The maximum atomic E-state index is 12.9. The van der Waals surface area contributed by atoms with Crippen molar-refractivity contribution in [1.29, 1.82) is 5.26 Å². The lowest BCUT2D eigenvalue weighted by molar-refractivity contribution is -0.161. The van der Waals surface area contributed by atoms with E-state index in [0.717, 1.165) is 13.1 Å². The highest BCUT2D eigenvalue weighted by atomic mass is 28.4. The predicted octanol–water partition coefficient (Wildman–Crippen LogP) is 5.10. The predicted molar refractivity (Wildman–Crippen MR) is 128 cm³/mol. The summed E-state index contributed by atoms with van der Waals surface area (Å²) in [5.41, 5.74) is -2.01. The quantitative estimate of drug-likeness (QED) is 0.115. The third kappa shape index (κ3) is 10.9. The Balaban J connectivity index is 5.24. The van der Waals surface area contributed by atoms with E-state index in [9.17, 15) is 27.6 Å². The summed E-state index contributed by atoms with van der Waals surface area (Å²) < 4.78 is 59.3. The molecule has 0 aromatic rings. The van der Waals surface area contributed by atoms with Gasteiger partial charge < -0.3 is 18.6 Å². The molecule has 0 bridgehead atoms. The van der Waals surface area contributed by atoms with E-state index in [1.54, 1.807) is 34.6 Å². The van der Waals surface area contributed by atoms with Crippen LogP contribution in [0.15, 0.2) is 0 Å². The number of halogens is 3. The minimum atomic E-state index is -4.43. The van der Waals surface area contributed by atoms with Gasteiger partial charge in [0, 0.05) is 0 Å². The number of rotatable bonds is 16. The van der Waals surface area contributed by atoms with Crippen molar-refractivity contribution in [1.82, 2.24) is 0 Å². The van der Waals surface area contributed by atoms with Gasteiger partial charge in [0.1, 0.15) is 13.2 Å². The number of carbonyl (C=O) groups excluding carboxylic acids is 3. The lowest BCUT2D eigenvalue weighted by atomic mass is 9.75. The van der Waals surface area contributed by atoms with Crippen LogP contribution < -0.4 is 0 Å². The van der Waals surface area contributed by atoms with Crippen molar-refractivity contribution in [3.8, 4) is 6.07 Å². The zero-order valence-electron chi connectivity index (χ0n) is 22.4. The summed E-state index contributed by atoms with van der Waals surface area (Å²) in [6, 6.07) is 1.89. The van der Waals surface area contributed by atoms with Crippen LogP contribution in [0.5, 0.6) is 0 Å². The smallest absolute Gasteiger partial charge is 0.388 e. The number of alkyl halides is 3. The third-order valence-electron chi connectivity index (χ3n) is 6.17. The standard InChI is InChI=1S/C24H40F3NO7Si/c1-8-23(5,21(31)32-9-2)17-18(19(29)33-14-10-13-28)11-12-22(3,4)20(30)34-15-16-35-36(6,7)24(25,26)27/h18H,8-12,14-17H2,1-7H3. The maximum Gasteiger partial charge on any atom is 0.388 e. The summed E-state index contributed by atoms with van der Waals surface area (Å²) in [6.45, 7) is 9.85. The van der Waals surface area contributed by atoms with E-state index in [-0.39, 0.29) is 52.1 Å². The van der Waals surface area contributed by atoms with Gasteiger partial charge >= 0.3 is 32.0 Å². The van der Waals surface area contributed by atoms with Crippen molar-refractivity contribution in [2.45, 2.75) is 85.6 Å². The highest BCUT2D eigenvalue weighted by molar-refractivity contribution is 6.73. The summed E-state index contributed by atoms with van der Waals surface area (Å²) in [5.74, 6) is -6.83. The largest absolute Gasteiger partial charge is 0.466 e. The Labute approximate surface area is 212 Å². The van der Waals surface area contributed by atoms with E-state index < -0.39 is 48.8 Å². The van der Waals surface area contributed by atoms with Gasteiger partial charge in [-0.25, -0.2) is 0 Å². The molecule has 2 unspecified atom stereocenters. The monoisotopic (exact) mass is 539 g/mol. The van der Waals surface area contributed by atoms with Crippen molar-refractivity contribution >= 4 is 26.2 Å². The van der Waals surface area contributed by atoms with Crippen LogP contribution in [0.4, 0.5) is 13.2 Å². The van der Waals surface area contributed by atoms with Gasteiger partial charge in [-0.2, -0.15) is 18.4 Å². The topological polar surface area (TPSA) is 112 Å². The maximum absolute atomic E-state index is 12.9. The molecule has 2 atom stereocenters. The van der Waals surface area contributed by atoms with Gasteiger partial charge in [-0.1, -0.05) is 6.92 Å². The molecule has 36 heavy (non-hydrogen) atoms. The number of carbonyl (C=O) groups is 3. The molecule has 0 spiro atoms. The summed E-state index contributed by atoms with van der Waals surface area (Å²) in [6.07, 6.45) is 0.944. The van der Waals surface area contributed by atoms with E-state index in [2.05, 4.69) is 0 Å². The molecule has 0 aliphatic rings. The average molecular weight is 540 g/mol. The van der Waals surface area contributed by atoms with Crippen LogP contribution in [0, 0.1) is 28.1 Å². The van der Waals surface area contributed by atoms with Crippen molar-refractivity contribution in [2.75, 3.05) is 26.4 Å². The lowest BCUT2D eigenvalue weighted by Gasteiger charge is -2.31. The third-order valence-corrected chi connectivity index (χ3v) is 8.46. The molecule has 0 saturated carbocycles. The van der Waals surface area contributed by atoms with Crippen LogP contribution in [0.1, 0.15) is 66.7 Å². The molecule has 0 aliphatic heterocycles. The molecular formula is C24H40F3NO7Si. The van der Waals surface area contributed by atoms with Gasteiger partial charge in [0.25, 0.3) is 0 Å². The van der Waals surface area contributed by atoms with Gasteiger partial charge in [-0.3, -0.25) is 14.4 Å². The van der Waals surface area contributed by atoms with E-state index >= 15 is 0 Å². The number of hydrogen-bond acceptors (Lipinski definition) is 8. The van der Waals surface area contributed by atoms with Crippen LogP contribution in [0.2, 0.25) is 13.1 Å². The van der Waals surface area contributed by atoms with Gasteiger partial charge in [-0.05, 0) is 66.5 Å². The first kappa shape index (κ1) is 33.9. The summed E-state index contributed by atoms with van der Waals surface area (Å²) in [4.78, 5) is 37.9. The summed E-state index contributed by atoms with van der Waals surface area (Å²) in [5, 5.41) is 8.70. The van der Waals surface area contributed by atoms with E-state index in [1.807, 2.05) is 6.07 Å². The van der Waals surface area contributed by atoms with E-state index in [0.29, 0.717) is 6.42 Å². The number of hydrogen-bond donors (Lipinski definition) is 0. The molecular weight excluding hydrogens is 499 g/mol. The molecule has 0 aromatic heterocycles. The molecule has 0 amide bonds. The average Bonchev–Trinajstić information content (AvgIpc) is 2.78. The minimum absolute atomic E-state index is 0.0231. The van der Waals surface area contributed by atoms with Crippen LogP contribution in [0.25, 0.3) is 0 Å². The number of nitriles is 1.